The molecule has 0 aliphatic carbocycles. The maximum Gasteiger partial charge on any atom is 0.183 e. The third-order valence-corrected chi connectivity index (χ3v) is 4.75. The fourth-order valence-electron chi connectivity index (χ4n) is 3.70. The van der Waals surface area contributed by atoms with Crippen LogP contribution in [-0.2, 0) is 5.54 Å². The number of nitrogens with zero attached hydrogens (tertiary/aromatic N) is 1. The molecule has 1 nitrogen and oxygen atoms in total. The lowest BCUT2D eigenvalue weighted by molar-refractivity contribution is -0.605. The van der Waals surface area contributed by atoms with E-state index in [9.17, 15) is 0 Å². The summed E-state index contributed by atoms with van der Waals surface area (Å²) in [6, 6.07) is 13.3. The Bertz CT molecular complexity index is 698. The molecule has 3 rings (SSSR count). The van der Waals surface area contributed by atoms with Crippen molar-refractivity contribution in [1.82, 2.24) is 0 Å². The van der Waals surface area contributed by atoms with Crippen LogP contribution in [0.5, 0.6) is 0 Å². The quantitative estimate of drug-likeness (QED) is 0.552. The minimum atomic E-state index is 0. The maximum atomic E-state index is 2.59. The molecule has 21 heavy (non-hydrogen) atoms. The van der Waals surface area contributed by atoms with Gasteiger partial charge in [0, 0.05) is 32.8 Å². The van der Waals surface area contributed by atoms with Gasteiger partial charge in [0.25, 0.3) is 0 Å². The van der Waals surface area contributed by atoms with Crippen molar-refractivity contribution in [2.24, 2.45) is 0 Å². The molecule has 2 aromatic carbocycles. The number of rotatable bonds is 3. The van der Waals surface area contributed by atoms with Crippen molar-refractivity contribution >= 4 is 16.5 Å². The number of benzene rings is 2. The monoisotopic (exact) mass is 393 g/mol. The highest BCUT2D eigenvalue weighted by molar-refractivity contribution is 6.04. The standard InChI is InChI=1S/C19H24N.HI/c1-5-6-13-20-14(2)16-12-11-15-9-7-8-10-17(15)18(16)19(20,3)4;/h7-12H,5-6,13H2,1-4H3;1H/q+1;/p-1. The van der Waals surface area contributed by atoms with Crippen LogP contribution < -0.4 is 24.0 Å². The zero-order valence-electron chi connectivity index (χ0n) is 13.4. The lowest BCUT2D eigenvalue weighted by Crippen LogP contribution is -3.00. The second kappa shape index (κ2) is 6.07. The molecule has 0 fully saturated rings. The van der Waals surface area contributed by atoms with Gasteiger partial charge in [-0.05, 0) is 16.8 Å². The fourth-order valence-corrected chi connectivity index (χ4v) is 3.70. The van der Waals surface area contributed by atoms with Gasteiger partial charge >= 0.3 is 0 Å². The van der Waals surface area contributed by atoms with Crippen molar-refractivity contribution in [3.63, 3.8) is 0 Å². The third-order valence-electron chi connectivity index (χ3n) is 4.75. The smallest absolute Gasteiger partial charge is 0.183 e. The van der Waals surface area contributed by atoms with E-state index in [1.807, 2.05) is 0 Å². The van der Waals surface area contributed by atoms with Crippen molar-refractivity contribution in [3.8, 4) is 0 Å². The van der Waals surface area contributed by atoms with Gasteiger partial charge in [-0.15, -0.1) is 0 Å². The Morgan fingerprint density at radius 2 is 1.76 bits per heavy atom. The minimum Gasteiger partial charge on any atom is -1.00 e. The minimum absolute atomic E-state index is 0. The molecule has 0 bridgehead atoms. The molecule has 0 unspecified atom stereocenters. The van der Waals surface area contributed by atoms with Crippen LogP contribution in [0.2, 0.25) is 0 Å². The van der Waals surface area contributed by atoms with E-state index >= 15 is 0 Å². The molecular weight excluding hydrogens is 369 g/mol. The zero-order chi connectivity index (χ0) is 14.3. The van der Waals surface area contributed by atoms with Crippen LogP contribution in [-0.4, -0.2) is 16.8 Å². The highest BCUT2D eigenvalue weighted by atomic mass is 127. The molecule has 0 N–H and O–H groups in total. The van der Waals surface area contributed by atoms with Gasteiger partial charge in [0.2, 0.25) is 0 Å². The van der Waals surface area contributed by atoms with Gasteiger partial charge in [0.1, 0.15) is 6.54 Å². The molecule has 1 aliphatic heterocycles. The van der Waals surface area contributed by atoms with Gasteiger partial charge in [-0.3, -0.25) is 0 Å². The Kier molecular flexibility index (Phi) is 4.76. The number of unbranched alkanes of at least 4 members (excludes halogenated alkanes) is 1. The maximum absolute atomic E-state index is 2.59. The first-order chi connectivity index (χ1) is 9.57. The topological polar surface area (TPSA) is 3.01 Å². The largest absolute Gasteiger partial charge is 1.00 e. The molecule has 0 radical (unpaired) electrons. The molecule has 0 spiro atoms. The molecule has 0 amide bonds. The molecular formula is C19H24IN. The van der Waals surface area contributed by atoms with Gasteiger partial charge < -0.3 is 24.0 Å². The summed E-state index contributed by atoms with van der Waals surface area (Å²) in [5.41, 5.74) is 4.47. The van der Waals surface area contributed by atoms with Crippen molar-refractivity contribution < 1.29 is 28.6 Å². The van der Waals surface area contributed by atoms with Crippen molar-refractivity contribution in [1.29, 1.82) is 0 Å². The summed E-state index contributed by atoms with van der Waals surface area (Å²) < 4.78 is 2.59. The Hall–Kier alpha value is -0.900. The summed E-state index contributed by atoms with van der Waals surface area (Å²) in [5.74, 6) is 0. The predicted octanol–water partition coefficient (Wildman–Crippen LogP) is 1.71. The lowest BCUT2D eigenvalue weighted by atomic mass is 9.87. The highest BCUT2D eigenvalue weighted by Gasteiger charge is 2.44. The molecule has 0 atom stereocenters. The van der Waals surface area contributed by atoms with Crippen LogP contribution in [0.4, 0.5) is 0 Å². The summed E-state index contributed by atoms with van der Waals surface area (Å²) in [7, 11) is 0. The van der Waals surface area contributed by atoms with Crippen molar-refractivity contribution in [2.75, 3.05) is 6.54 Å². The molecule has 0 saturated heterocycles. The summed E-state index contributed by atoms with van der Waals surface area (Å²) in [5, 5.41) is 2.76. The van der Waals surface area contributed by atoms with E-state index in [1.54, 1.807) is 0 Å². The number of fused-ring (bicyclic) bond motifs is 3. The lowest BCUT2D eigenvalue weighted by Gasteiger charge is -2.20. The Morgan fingerprint density at radius 1 is 1.05 bits per heavy atom. The predicted molar refractivity (Wildman–Crippen MR) is 86.8 cm³/mol. The van der Waals surface area contributed by atoms with Crippen molar-refractivity contribution in [2.45, 2.75) is 46.1 Å². The van der Waals surface area contributed by atoms with Crippen LogP contribution in [0.25, 0.3) is 10.8 Å². The van der Waals surface area contributed by atoms with Crippen LogP contribution >= 0.6 is 0 Å². The molecule has 2 heteroatoms. The first-order valence-corrected chi connectivity index (χ1v) is 7.71. The fraction of sp³-hybridized carbons (Fsp3) is 0.421. The molecule has 1 aliphatic rings. The van der Waals surface area contributed by atoms with Crippen LogP contribution in [0.1, 0.15) is 51.7 Å². The van der Waals surface area contributed by atoms with Gasteiger partial charge in [0.05, 0.1) is 5.56 Å². The summed E-state index contributed by atoms with van der Waals surface area (Å²) in [6.07, 6.45) is 2.50. The second-order valence-corrected chi connectivity index (χ2v) is 6.36. The van der Waals surface area contributed by atoms with E-state index in [-0.39, 0.29) is 29.5 Å². The molecule has 112 valence electrons. The van der Waals surface area contributed by atoms with E-state index in [4.69, 9.17) is 0 Å². The Balaban J connectivity index is 0.00000161. The van der Waals surface area contributed by atoms with E-state index in [0.29, 0.717) is 0 Å². The van der Waals surface area contributed by atoms with E-state index in [1.165, 1.54) is 40.5 Å². The second-order valence-electron chi connectivity index (χ2n) is 6.36. The first kappa shape index (κ1) is 16.5. The summed E-state index contributed by atoms with van der Waals surface area (Å²) >= 11 is 0. The zero-order valence-corrected chi connectivity index (χ0v) is 15.6. The van der Waals surface area contributed by atoms with Crippen LogP contribution in [0, 0.1) is 0 Å². The molecule has 1 heterocycles. The van der Waals surface area contributed by atoms with Gasteiger partial charge in [-0.2, -0.15) is 0 Å². The van der Waals surface area contributed by atoms with Crippen LogP contribution in [0.15, 0.2) is 36.4 Å². The molecule has 0 saturated carbocycles. The van der Waals surface area contributed by atoms with E-state index in [0.717, 1.165) is 6.54 Å². The average molecular weight is 393 g/mol. The van der Waals surface area contributed by atoms with E-state index in [2.05, 4.69) is 68.7 Å². The molecule has 2 aromatic rings. The highest BCUT2D eigenvalue weighted by Crippen LogP contribution is 2.39. The first-order valence-electron chi connectivity index (χ1n) is 7.71. The summed E-state index contributed by atoms with van der Waals surface area (Å²) in [4.78, 5) is 0. The Labute approximate surface area is 145 Å². The van der Waals surface area contributed by atoms with Gasteiger partial charge in [0.15, 0.2) is 11.3 Å². The van der Waals surface area contributed by atoms with Gasteiger partial charge in [-0.1, -0.05) is 43.7 Å². The number of hydrogen-bond acceptors (Lipinski definition) is 0. The average Bonchev–Trinajstić information content (AvgIpc) is 2.64. The number of halogens is 1. The van der Waals surface area contributed by atoms with Gasteiger partial charge in [-0.25, -0.2) is 4.58 Å². The third kappa shape index (κ3) is 2.52. The Morgan fingerprint density at radius 3 is 2.48 bits per heavy atom. The van der Waals surface area contributed by atoms with E-state index < -0.39 is 0 Å². The van der Waals surface area contributed by atoms with Crippen LogP contribution in [0.3, 0.4) is 0 Å². The normalized spacial score (nSPS) is 16.0. The SMILES string of the molecule is CCCC[N+]1=C(C)c2ccc3ccccc3c2C1(C)C.[I-]. The van der Waals surface area contributed by atoms with Crippen molar-refractivity contribution in [3.05, 3.63) is 47.5 Å². The summed E-state index contributed by atoms with van der Waals surface area (Å²) in [6.45, 7) is 10.4. The molecule has 0 aromatic heterocycles. The number of hydrogen-bond donors (Lipinski definition) is 0.